The third kappa shape index (κ3) is 19.7. The van der Waals surface area contributed by atoms with Gasteiger partial charge in [0.2, 0.25) is 0 Å². The van der Waals surface area contributed by atoms with Crippen LogP contribution in [0.2, 0.25) is 0 Å². The van der Waals surface area contributed by atoms with Gasteiger partial charge in [-0.1, -0.05) is 25.5 Å². The summed E-state index contributed by atoms with van der Waals surface area (Å²) in [5.41, 5.74) is 6.43. The fraction of sp³-hybridized carbons (Fsp3) is 0.750. The Balaban J connectivity index is 1.67. The monoisotopic (exact) mass is 473 g/mol. The minimum absolute atomic E-state index is 0.449. The Bertz CT molecular complexity index is 535. The van der Waals surface area contributed by atoms with Crippen LogP contribution in [0.3, 0.4) is 0 Å². The molecule has 0 unspecified atom stereocenters. The van der Waals surface area contributed by atoms with Crippen molar-refractivity contribution in [2.24, 2.45) is 0 Å². The van der Waals surface area contributed by atoms with Crippen molar-refractivity contribution < 1.29 is 37.9 Å². The molecule has 1 aromatic rings. The molecule has 0 aliphatic carbocycles. The third-order valence-corrected chi connectivity index (χ3v) is 4.28. The van der Waals surface area contributed by atoms with Crippen molar-refractivity contribution in [1.29, 1.82) is 0 Å². The van der Waals surface area contributed by atoms with E-state index in [1.54, 1.807) is 6.07 Å². The largest absolute Gasteiger partial charge is 0.489 e. The van der Waals surface area contributed by atoms with Crippen LogP contribution in [0.15, 0.2) is 24.3 Å². The summed E-state index contributed by atoms with van der Waals surface area (Å²) in [5, 5.41) is 0. The molecule has 0 aliphatic heterocycles. The van der Waals surface area contributed by atoms with E-state index in [9.17, 15) is 0 Å². The molecule has 0 saturated heterocycles. The SMILES string of the molecule is CCCCOCCOCCOCCOCCOCCOCCOCCOc1ccccc1N. The molecule has 0 atom stereocenters. The average Bonchev–Trinajstić information content (AvgIpc) is 2.83. The summed E-state index contributed by atoms with van der Waals surface area (Å²) < 4.78 is 43.6. The van der Waals surface area contributed by atoms with E-state index >= 15 is 0 Å². The zero-order valence-electron chi connectivity index (χ0n) is 20.2. The lowest BCUT2D eigenvalue weighted by molar-refractivity contribution is -0.0212. The van der Waals surface area contributed by atoms with Gasteiger partial charge in [0.15, 0.2) is 0 Å². The number of unbranched alkanes of at least 4 members (excludes halogenated alkanes) is 1. The number of hydrogen-bond acceptors (Lipinski definition) is 9. The van der Waals surface area contributed by atoms with Crippen molar-refractivity contribution in [3.63, 3.8) is 0 Å². The van der Waals surface area contributed by atoms with Crippen LogP contribution in [0.1, 0.15) is 19.8 Å². The highest BCUT2D eigenvalue weighted by molar-refractivity contribution is 5.51. The molecular formula is C24H43NO8. The molecule has 0 aromatic heterocycles. The topological polar surface area (TPSA) is 99.9 Å². The van der Waals surface area contributed by atoms with Crippen LogP contribution in [-0.4, -0.2) is 99.1 Å². The van der Waals surface area contributed by atoms with E-state index in [-0.39, 0.29) is 0 Å². The van der Waals surface area contributed by atoms with Gasteiger partial charge in [-0.15, -0.1) is 0 Å². The molecule has 0 fully saturated rings. The Kier molecular flexibility index (Phi) is 21.2. The quantitative estimate of drug-likeness (QED) is 0.170. The standard InChI is InChI=1S/C24H43NO8/c1-2-3-8-26-9-10-27-11-12-28-13-14-29-15-16-30-17-18-31-19-20-32-21-22-33-24-7-5-4-6-23(24)25/h4-7H,2-3,8-22,25H2,1H3. The smallest absolute Gasteiger partial charge is 0.142 e. The molecule has 9 nitrogen and oxygen atoms in total. The van der Waals surface area contributed by atoms with E-state index < -0.39 is 0 Å². The van der Waals surface area contributed by atoms with E-state index in [0.717, 1.165) is 19.4 Å². The first-order valence-corrected chi connectivity index (χ1v) is 11.9. The highest BCUT2D eigenvalue weighted by Crippen LogP contribution is 2.19. The van der Waals surface area contributed by atoms with Crippen LogP contribution in [0.5, 0.6) is 5.75 Å². The van der Waals surface area contributed by atoms with E-state index in [4.69, 9.17) is 43.6 Å². The lowest BCUT2D eigenvalue weighted by atomic mass is 10.3. The van der Waals surface area contributed by atoms with Gasteiger partial charge in [-0.05, 0) is 18.6 Å². The second-order valence-corrected chi connectivity index (χ2v) is 7.03. The van der Waals surface area contributed by atoms with Crippen molar-refractivity contribution in [3.05, 3.63) is 24.3 Å². The third-order valence-electron chi connectivity index (χ3n) is 4.28. The van der Waals surface area contributed by atoms with Gasteiger partial charge in [-0.3, -0.25) is 0 Å². The lowest BCUT2D eigenvalue weighted by Gasteiger charge is -2.09. The molecule has 0 saturated carbocycles. The van der Waals surface area contributed by atoms with Gasteiger partial charge in [0.05, 0.1) is 91.6 Å². The summed E-state index contributed by atoms with van der Waals surface area (Å²) in [4.78, 5) is 0. The molecule has 0 heterocycles. The zero-order valence-corrected chi connectivity index (χ0v) is 20.2. The fourth-order valence-corrected chi connectivity index (χ4v) is 2.49. The number of para-hydroxylation sites is 2. The molecule has 1 rings (SSSR count). The normalized spacial score (nSPS) is 11.2. The maximum absolute atomic E-state index is 5.80. The number of nitrogens with two attached hydrogens (primary N) is 1. The van der Waals surface area contributed by atoms with Crippen LogP contribution < -0.4 is 10.5 Å². The van der Waals surface area contributed by atoms with Gasteiger partial charge in [0.25, 0.3) is 0 Å². The Morgan fingerprint density at radius 1 is 0.515 bits per heavy atom. The first kappa shape index (κ1) is 29.6. The van der Waals surface area contributed by atoms with E-state index in [2.05, 4.69) is 6.92 Å². The minimum atomic E-state index is 0.449. The maximum Gasteiger partial charge on any atom is 0.142 e. The van der Waals surface area contributed by atoms with Crippen LogP contribution in [0, 0.1) is 0 Å². The Hall–Kier alpha value is -1.46. The predicted molar refractivity (Wildman–Crippen MR) is 127 cm³/mol. The van der Waals surface area contributed by atoms with Crippen LogP contribution in [0.4, 0.5) is 5.69 Å². The van der Waals surface area contributed by atoms with Crippen molar-refractivity contribution in [2.75, 3.05) is 105 Å². The van der Waals surface area contributed by atoms with Crippen molar-refractivity contribution >= 4 is 5.69 Å². The second-order valence-electron chi connectivity index (χ2n) is 7.03. The first-order valence-electron chi connectivity index (χ1n) is 11.9. The predicted octanol–water partition coefficient (Wildman–Crippen LogP) is 2.56. The average molecular weight is 474 g/mol. The number of anilines is 1. The highest BCUT2D eigenvalue weighted by Gasteiger charge is 1.98. The molecular weight excluding hydrogens is 430 g/mol. The first-order chi connectivity index (χ1) is 16.3. The number of rotatable bonds is 25. The van der Waals surface area contributed by atoms with E-state index in [0.29, 0.717) is 104 Å². The van der Waals surface area contributed by atoms with Gasteiger partial charge in [-0.25, -0.2) is 0 Å². The Morgan fingerprint density at radius 3 is 1.27 bits per heavy atom. The van der Waals surface area contributed by atoms with Gasteiger partial charge >= 0.3 is 0 Å². The highest BCUT2D eigenvalue weighted by atomic mass is 16.6. The summed E-state index contributed by atoms with van der Waals surface area (Å²) >= 11 is 0. The van der Waals surface area contributed by atoms with Gasteiger partial charge in [0.1, 0.15) is 12.4 Å². The maximum atomic E-state index is 5.80. The number of ether oxygens (including phenoxy) is 8. The molecule has 2 N–H and O–H groups in total. The molecule has 33 heavy (non-hydrogen) atoms. The van der Waals surface area contributed by atoms with Crippen LogP contribution in [-0.2, 0) is 33.2 Å². The lowest BCUT2D eigenvalue weighted by Crippen LogP contribution is -2.15. The second kappa shape index (κ2) is 23.7. The fourth-order valence-electron chi connectivity index (χ4n) is 2.49. The Labute approximate surface area is 198 Å². The Morgan fingerprint density at radius 2 is 0.879 bits per heavy atom. The minimum Gasteiger partial charge on any atom is -0.489 e. The number of benzene rings is 1. The van der Waals surface area contributed by atoms with Crippen LogP contribution in [0.25, 0.3) is 0 Å². The zero-order chi connectivity index (χ0) is 23.7. The summed E-state index contributed by atoms with van der Waals surface area (Å²) in [7, 11) is 0. The van der Waals surface area contributed by atoms with Gasteiger partial charge in [-0.2, -0.15) is 0 Å². The number of hydrogen-bond donors (Lipinski definition) is 1. The summed E-state index contributed by atoms with van der Waals surface area (Å²) in [6, 6.07) is 7.39. The van der Waals surface area contributed by atoms with Crippen molar-refractivity contribution in [1.82, 2.24) is 0 Å². The molecule has 1 aromatic carbocycles. The van der Waals surface area contributed by atoms with Crippen molar-refractivity contribution in [3.8, 4) is 5.75 Å². The molecule has 0 amide bonds. The van der Waals surface area contributed by atoms with E-state index in [1.165, 1.54) is 0 Å². The molecule has 0 bridgehead atoms. The molecule has 0 spiro atoms. The molecule has 0 radical (unpaired) electrons. The molecule has 0 aliphatic rings. The van der Waals surface area contributed by atoms with Gasteiger partial charge < -0.3 is 43.6 Å². The molecule has 192 valence electrons. The summed E-state index contributed by atoms with van der Waals surface area (Å²) in [6.45, 7) is 10.5. The summed E-state index contributed by atoms with van der Waals surface area (Å²) in [6.07, 6.45) is 2.25. The molecule has 9 heteroatoms. The van der Waals surface area contributed by atoms with Crippen molar-refractivity contribution in [2.45, 2.75) is 19.8 Å². The summed E-state index contributed by atoms with van der Waals surface area (Å²) in [5.74, 6) is 0.676. The van der Waals surface area contributed by atoms with E-state index in [1.807, 2.05) is 18.2 Å². The number of nitrogen functional groups attached to an aromatic ring is 1. The van der Waals surface area contributed by atoms with Crippen LogP contribution >= 0.6 is 0 Å². The van der Waals surface area contributed by atoms with Gasteiger partial charge in [0, 0.05) is 6.61 Å².